The molecule has 1 rings (SSSR count). The summed E-state index contributed by atoms with van der Waals surface area (Å²) in [6.07, 6.45) is 4.28. The van der Waals surface area contributed by atoms with Crippen LogP contribution in [-0.4, -0.2) is 18.3 Å². The first-order valence-electron chi connectivity index (χ1n) is 5.78. The fourth-order valence-corrected chi connectivity index (χ4v) is 2.16. The summed E-state index contributed by atoms with van der Waals surface area (Å²) >= 11 is 1.87. The Morgan fingerprint density at radius 2 is 2.12 bits per heavy atom. The van der Waals surface area contributed by atoms with Crippen LogP contribution in [-0.2, 0) is 15.3 Å². The standard InChI is InChI=1S/C14H18O2S/c1-2-16-14(15)10-6-7-11-17-12-13-8-4-3-5-9-13/h3-6,8-10H,2,7,11-12H2,1H3. The van der Waals surface area contributed by atoms with Gasteiger partial charge in [0.25, 0.3) is 0 Å². The minimum atomic E-state index is -0.249. The molecule has 0 aromatic heterocycles. The molecule has 0 aliphatic carbocycles. The lowest BCUT2D eigenvalue weighted by atomic mass is 10.2. The van der Waals surface area contributed by atoms with Crippen LogP contribution in [0.4, 0.5) is 0 Å². The molecule has 0 unspecified atom stereocenters. The Kier molecular flexibility index (Phi) is 7.23. The van der Waals surface area contributed by atoms with Crippen molar-refractivity contribution in [2.75, 3.05) is 12.4 Å². The number of carbonyl (C=O) groups excluding carboxylic acids is 1. The lowest BCUT2D eigenvalue weighted by molar-refractivity contribution is -0.137. The lowest BCUT2D eigenvalue weighted by Gasteiger charge is -1.99. The van der Waals surface area contributed by atoms with Crippen LogP contribution in [0.1, 0.15) is 18.9 Å². The molecule has 1 aromatic rings. The van der Waals surface area contributed by atoms with Gasteiger partial charge in [0, 0.05) is 11.8 Å². The zero-order valence-electron chi connectivity index (χ0n) is 10.1. The molecule has 0 N–H and O–H groups in total. The number of rotatable bonds is 7. The minimum Gasteiger partial charge on any atom is -0.463 e. The van der Waals surface area contributed by atoms with Gasteiger partial charge in [-0.15, -0.1) is 0 Å². The fourth-order valence-electron chi connectivity index (χ4n) is 1.29. The van der Waals surface area contributed by atoms with Gasteiger partial charge in [-0.25, -0.2) is 4.79 Å². The van der Waals surface area contributed by atoms with Gasteiger partial charge in [-0.1, -0.05) is 36.4 Å². The van der Waals surface area contributed by atoms with E-state index in [4.69, 9.17) is 4.74 Å². The Labute approximate surface area is 107 Å². The maximum atomic E-state index is 11.0. The molecule has 2 nitrogen and oxygen atoms in total. The van der Waals surface area contributed by atoms with E-state index < -0.39 is 0 Å². The molecule has 0 aliphatic rings. The molecular weight excluding hydrogens is 232 g/mol. The van der Waals surface area contributed by atoms with Crippen molar-refractivity contribution in [2.45, 2.75) is 19.1 Å². The van der Waals surface area contributed by atoms with Gasteiger partial charge in [0.1, 0.15) is 0 Å². The van der Waals surface area contributed by atoms with Gasteiger partial charge >= 0.3 is 5.97 Å². The van der Waals surface area contributed by atoms with Gasteiger partial charge in [-0.05, 0) is 24.7 Å². The topological polar surface area (TPSA) is 26.3 Å². The van der Waals surface area contributed by atoms with Crippen molar-refractivity contribution in [1.82, 2.24) is 0 Å². The molecule has 0 saturated heterocycles. The van der Waals surface area contributed by atoms with Crippen molar-refractivity contribution >= 4 is 17.7 Å². The summed E-state index contributed by atoms with van der Waals surface area (Å²) in [5.41, 5.74) is 1.34. The van der Waals surface area contributed by atoms with Crippen LogP contribution < -0.4 is 0 Å². The van der Waals surface area contributed by atoms with Gasteiger partial charge in [0.15, 0.2) is 0 Å². The molecule has 0 fully saturated rings. The average Bonchev–Trinajstić information content (AvgIpc) is 2.35. The van der Waals surface area contributed by atoms with E-state index in [-0.39, 0.29) is 5.97 Å². The summed E-state index contributed by atoms with van der Waals surface area (Å²) in [5, 5.41) is 0. The zero-order chi connectivity index (χ0) is 12.3. The highest BCUT2D eigenvalue weighted by molar-refractivity contribution is 7.98. The van der Waals surface area contributed by atoms with E-state index in [0.29, 0.717) is 6.61 Å². The van der Waals surface area contributed by atoms with Crippen molar-refractivity contribution in [3.8, 4) is 0 Å². The SMILES string of the molecule is CCOC(=O)C=CCCSCc1ccccc1. The van der Waals surface area contributed by atoms with Crippen molar-refractivity contribution in [2.24, 2.45) is 0 Å². The number of thioether (sulfide) groups is 1. The Balaban J connectivity index is 2.07. The lowest BCUT2D eigenvalue weighted by Crippen LogP contribution is -1.98. The molecular formula is C14H18O2S. The van der Waals surface area contributed by atoms with Gasteiger partial charge in [-0.3, -0.25) is 0 Å². The maximum absolute atomic E-state index is 11.0. The number of esters is 1. The van der Waals surface area contributed by atoms with E-state index in [2.05, 4.69) is 24.3 Å². The highest BCUT2D eigenvalue weighted by Crippen LogP contribution is 2.12. The van der Waals surface area contributed by atoms with Gasteiger partial charge < -0.3 is 4.74 Å². The summed E-state index contributed by atoms with van der Waals surface area (Å²) in [6, 6.07) is 10.4. The number of allylic oxidation sites excluding steroid dienone is 1. The summed E-state index contributed by atoms with van der Waals surface area (Å²) in [6.45, 7) is 2.24. The molecule has 0 bridgehead atoms. The van der Waals surface area contributed by atoms with Gasteiger partial charge in [-0.2, -0.15) is 11.8 Å². The normalized spacial score (nSPS) is 10.6. The smallest absolute Gasteiger partial charge is 0.330 e. The minimum absolute atomic E-state index is 0.249. The highest BCUT2D eigenvalue weighted by atomic mass is 32.2. The van der Waals surface area contributed by atoms with Crippen LogP contribution in [0.15, 0.2) is 42.5 Å². The summed E-state index contributed by atoms with van der Waals surface area (Å²) < 4.78 is 4.79. The van der Waals surface area contributed by atoms with Crippen LogP contribution in [0.5, 0.6) is 0 Å². The van der Waals surface area contributed by atoms with E-state index in [1.54, 1.807) is 6.92 Å². The van der Waals surface area contributed by atoms with Crippen LogP contribution in [0.2, 0.25) is 0 Å². The second-order valence-electron chi connectivity index (χ2n) is 3.48. The first kappa shape index (κ1) is 13.8. The quantitative estimate of drug-likeness (QED) is 0.421. The van der Waals surface area contributed by atoms with E-state index in [0.717, 1.165) is 17.9 Å². The average molecular weight is 250 g/mol. The fraction of sp³-hybridized carbons (Fsp3) is 0.357. The van der Waals surface area contributed by atoms with E-state index in [1.807, 2.05) is 23.9 Å². The monoisotopic (exact) mass is 250 g/mol. The Hall–Kier alpha value is -1.22. The number of benzene rings is 1. The van der Waals surface area contributed by atoms with E-state index in [1.165, 1.54) is 11.6 Å². The predicted molar refractivity (Wildman–Crippen MR) is 73.0 cm³/mol. The van der Waals surface area contributed by atoms with E-state index >= 15 is 0 Å². The second-order valence-corrected chi connectivity index (χ2v) is 4.59. The van der Waals surface area contributed by atoms with Crippen LogP contribution in [0, 0.1) is 0 Å². The van der Waals surface area contributed by atoms with Crippen molar-refractivity contribution in [1.29, 1.82) is 0 Å². The highest BCUT2D eigenvalue weighted by Gasteiger charge is 1.93. The molecule has 0 radical (unpaired) electrons. The van der Waals surface area contributed by atoms with Crippen LogP contribution in [0.3, 0.4) is 0 Å². The number of hydrogen-bond donors (Lipinski definition) is 0. The van der Waals surface area contributed by atoms with Gasteiger partial charge in [0.05, 0.1) is 6.61 Å². The third kappa shape index (κ3) is 6.84. The Morgan fingerprint density at radius 1 is 1.35 bits per heavy atom. The zero-order valence-corrected chi connectivity index (χ0v) is 10.9. The molecule has 0 saturated carbocycles. The molecule has 0 amide bonds. The van der Waals surface area contributed by atoms with E-state index in [9.17, 15) is 4.79 Å². The summed E-state index contributed by atoms with van der Waals surface area (Å²) in [5.74, 6) is 1.79. The molecule has 0 atom stereocenters. The Bertz CT molecular complexity index is 346. The maximum Gasteiger partial charge on any atom is 0.330 e. The van der Waals surface area contributed by atoms with Crippen LogP contribution >= 0.6 is 11.8 Å². The molecule has 17 heavy (non-hydrogen) atoms. The second kappa shape index (κ2) is 8.88. The third-order valence-electron chi connectivity index (χ3n) is 2.08. The summed E-state index contributed by atoms with van der Waals surface area (Å²) in [7, 11) is 0. The molecule has 3 heteroatoms. The first-order valence-corrected chi connectivity index (χ1v) is 6.93. The van der Waals surface area contributed by atoms with Crippen molar-refractivity contribution in [3.63, 3.8) is 0 Å². The molecule has 1 aromatic carbocycles. The number of ether oxygens (including phenoxy) is 1. The van der Waals surface area contributed by atoms with Gasteiger partial charge in [0.2, 0.25) is 0 Å². The Morgan fingerprint density at radius 3 is 2.82 bits per heavy atom. The largest absolute Gasteiger partial charge is 0.463 e. The molecule has 92 valence electrons. The van der Waals surface area contributed by atoms with Crippen molar-refractivity contribution < 1.29 is 9.53 Å². The molecule has 0 spiro atoms. The van der Waals surface area contributed by atoms with Crippen LogP contribution in [0.25, 0.3) is 0 Å². The molecule has 0 aliphatic heterocycles. The molecule has 0 heterocycles. The number of carbonyl (C=O) groups is 1. The third-order valence-corrected chi connectivity index (χ3v) is 3.14. The first-order chi connectivity index (χ1) is 8.33. The number of hydrogen-bond acceptors (Lipinski definition) is 3. The predicted octanol–water partition coefficient (Wildman–Crippen LogP) is 3.43. The van der Waals surface area contributed by atoms with Crippen molar-refractivity contribution in [3.05, 3.63) is 48.0 Å². The summed E-state index contributed by atoms with van der Waals surface area (Å²) in [4.78, 5) is 11.0.